The number of hydrogen-bond acceptors (Lipinski definition) is 4. The van der Waals surface area contributed by atoms with Crippen LogP contribution in [-0.2, 0) is 20.7 Å². The van der Waals surface area contributed by atoms with Crippen molar-refractivity contribution in [2.75, 3.05) is 25.7 Å². The number of carbonyl (C=O) groups excluding carboxylic acids is 2. The van der Waals surface area contributed by atoms with Crippen molar-refractivity contribution in [1.29, 1.82) is 0 Å². The van der Waals surface area contributed by atoms with E-state index in [1.165, 1.54) is 17.6 Å². The number of methoxy groups -OCH3 is 1. The smallest absolute Gasteiger partial charge is 0.339 e. The molecule has 1 atom stereocenters. The third-order valence-corrected chi connectivity index (χ3v) is 4.50. The number of nitrogens with zero attached hydrogens (tertiary/aromatic N) is 1. The van der Waals surface area contributed by atoms with Gasteiger partial charge in [0, 0.05) is 7.05 Å². The van der Waals surface area contributed by atoms with Crippen molar-refractivity contribution < 1.29 is 19.1 Å². The van der Waals surface area contributed by atoms with Crippen LogP contribution in [-0.4, -0.2) is 32.6 Å². The molecule has 0 N–H and O–H groups in total. The van der Waals surface area contributed by atoms with Crippen molar-refractivity contribution in [2.45, 2.75) is 18.9 Å². The number of fused-ring (bicyclic) bond motifs is 1. The summed E-state index contributed by atoms with van der Waals surface area (Å²) < 4.78 is 10.6. The van der Waals surface area contributed by atoms with Crippen LogP contribution in [0.25, 0.3) is 0 Å². The van der Waals surface area contributed by atoms with Crippen LogP contribution < -0.4 is 4.90 Å². The zero-order valence-electron chi connectivity index (χ0n) is 14.4. The van der Waals surface area contributed by atoms with E-state index in [4.69, 9.17) is 9.47 Å². The first-order valence-electron chi connectivity index (χ1n) is 8.25. The molecule has 5 nitrogen and oxygen atoms in total. The summed E-state index contributed by atoms with van der Waals surface area (Å²) in [5.74, 6) is -0.576. The van der Waals surface area contributed by atoms with E-state index in [0.717, 1.165) is 12.0 Å². The Morgan fingerprint density at radius 1 is 1.16 bits per heavy atom. The fourth-order valence-corrected chi connectivity index (χ4v) is 3.12. The number of hydrogen-bond donors (Lipinski definition) is 0. The zero-order valence-corrected chi connectivity index (χ0v) is 14.4. The van der Waals surface area contributed by atoms with Crippen molar-refractivity contribution in [3.8, 4) is 0 Å². The van der Waals surface area contributed by atoms with E-state index in [2.05, 4.69) is 6.07 Å². The predicted molar refractivity (Wildman–Crippen MR) is 94.6 cm³/mol. The summed E-state index contributed by atoms with van der Waals surface area (Å²) in [6.45, 7) is 0.609. The minimum atomic E-state index is -0.463. The standard InChI is InChI=1S/C20H21NO4/c1-21(17-10-6-5-9-16(17)20(23)24-2)19(22)13-18-15-8-4-3-7-14(15)11-12-25-18/h3-10,18H,11-13H2,1-2H3/t18-/m1/s1. The van der Waals surface area contributed by atoms with E-state index in [1.807, 2.05) is 18.2 Å². The summed E-state index contributed by atoms with van der Waals surface area (Å²) >= 11 is 0. The molecule has 0 bridgehead atoms. The summed E-state index contributed by atoms with van der Waals surface area (Å²) in [4.78, 5) is 26.2. The fraction of sp³-hybridized carbons (Fsp3) is 0.300. The Labute approximate surface area is 147 Å². The van der Waals surface area contributed by atoms with Gasteiger partial charge in [-0.3, -0.25) is 4.79 Å². The SMILES string of the molecule is COC(=O)c1ccccc1N(C)C(=O)C[C@H]1OCCc2ccccc21. The van der Waals surface area contributed by atoms with Gasteiger partial charge in [0.15, 0.2) is 0 Å². The van der Waals surface area contributed by atoms with Crippen molar-refractivity contribution in [2.24, 2.45) is 0 Å². The zero-order chi connectivity index (χ0) is 17.8. The lowest BCUT2D eigenvalue weighted by Crippen LogP contribution is -2.31. The first-order valence-corrected chi connectivity index (χ1v) is 8.25. The number of para-hydroxylation sites is 1. The largest absolute Gasteiger partial charge is 0.465 e. The van der Waals surface area contributed by atoms with Crippen LogP contribution in [0.3, 0.4) is 0 Å². The lowest BCUT2D eigenvalue weighted by atomic mass is 9.95. The molecule has 0 fully saturated rings. The molecule has 1 heterocycles. The Morgan fingerprint density at radius 2 is 1.88 bits per heavy atom. The van der Waals surface area contributed by atoms with E-state index in [-0.39, 0.29) is 18.4 Å². The second-order valence-corrected chi connectivity index (χ2v) is 5.97. The maximum absolute atomic E-state index is 12.8. The Hall–Kier alpha value is -2.66. The highest BCUT2D eigenvalue weighted by molar-refractivity contribution is 6.02. The highest BCUT2D eigenvalue weighted by Crippen LogP contribution is 2.31. The van der Waals surface area contributed by atoms with E-state index in [9.17, 15) is 9.59 Å². The summed E-state index contributed by atoms with van der Waals surface area (Å²) in [7, 11) is 2.99. The maximum atomic E-state index is 12.8. The average Bonchev–Trinajstić information content (AvgIpc) is 2.67. The maximum Gasteiger partial charge on any atom is 0.339 e. The third kappa shape index (κ3) is 3.56. The highest BCUT2D eigenvalue weighted by Gasteiger charge is 2.26. The normalized spacial score (nSPS) is 16.0. The quantitative estimate of drug-likeness (QED) is 0.803. The molecule has 1 amide bonds. The summed E-state index contributed by atoms with van der Waals surface area (Å²) in [5, 5.41) is 0. The number of amides is 1. The highest BCUT2D eigenvalue weighted by atomic mass is 16.5. The van der Waals surface area contributed by atoms with Crippen LogP contribution in [0, 0.1) is 0 Å². The van der Waals surface area contributed by atoms with Gasteiger partial charge in [0.05, 0.1) is 37.5 Å². The molecule has 0 aromatic heterocycles. The predicted octanol–water partition coefficient (Wildman–Crippen LogP) is 3.14. The molecular weight excluding hydrogens is 318 g/mol. The van der Waals surface area contributed by atoms with Gasteiger partial charge in [-0.15, -0.1) is 0 Å². The molecule has 1 aliphatic rings. The van der Waals surface area contributed by atoms with Gasteiger partial charge in [0.1, 0.15) is 0 Å². The van der Waals surface area contributed by atoms with Gasteiger partial charge in [-0.1, -0.05) is 36.4 Å². The molecule has 1 aliphatic heterocycles. The van der Waals surface area contributed by atoms with Gasteiger partial charge in [-0.2, -0.15) is 0 Å². The van der Waals surface area contributed by atoms with Crippen molar-refractivity contribution in [1.82, 2.24) is 0 Å². The molecular formula is C20H21NO4. The number of ether oxygens (including phenoxy) is 2. The fourth-order valence-electron chi connectivity index (χ4n) is 3.12. The molecule has 2 aromatic carbocycles. The monoisotopic (exact) mass is 339 g/mol. The average molecular weight is 339 g/mol. The van der Waals surface area contributed by atoms with Gasteiger partial charge in [0.2, 0.25) is 5.91 Å². The number of anilines is 1. The number of carbonyl (C=O) groups is 2. The minimum absolute atomic E-state index is 0.113. The van der Waals surface area contributed by atoms with Crippen LogP contribution in [0.5, 0.6) is 0 Å². The summed E-state index contributed by atoms with van der Waals surface area (Å²) in [6, 6.07) is 15.0. The third-order valence-electron chi connectivity index (χ3n) is 4.50. The molecule has 0 spiro atoms. The van der Waals surface area contributed by atoms with Crippen LogP contribution in [0.4, 0.5) is 5.69 Å². The molecule has 0 unspecified atom stereocenters. The summed E-state index contributed by atoms with van der Waals surface area (Å²) in [5.41, 5.74) is 3.19. The lowest BCUT2D eigenvalue weighted by molar-refractivity contribution is -0.121. The van der Waals surface area contributed by atoms with Crippen molar-refractivity contribution >= 4 is 17.6 Å². The van der Waals surface area contributed by atoms with Crippen LogP contribution in [0.1, 0.15) is 34.0 Å². The van der Waals surface area contributed by atoms with Crippen molar-refractivity contribution in [3.05, 3.63) is 65.2 Å². The van der Waals surface area contributed by atoms with Crippen molar-refractivity contribution in [3.63, 3.8) is 0 Å². The number of rotatable bonds is 4. The second kappa shape index (κ2) is 7.49. The van der Waals surface area contributed by atoms with Gasteiger partial charge >= 0.3 is 5.97 Å². The van der Waals surface area contributed by atoms with Gasteiger partial charge in [-0.05, 0) is 29.7 Å². The van der Waals surface area contributed by atoms with Crippen LogP contribution >= 0.6 is 0 Å². The van der Waals surface area contributed by atoms with E-state index < -0.39 is 5.97 Å². The Bertz CT molecular complexity index is 787. The van der Waals surface area contributed by atoms with Gasteiger partial charge < -0.3 is 14.4 Å². The minimum Gasteiger partial charge on any atom is -0.465 e. The number of benzene rings is 2. The topological polar surface area (TPSA) is 55.8 Å². The van der Waals surface area contributed by atoms with E-state index >= 15 is 0 Å². The molecule has 130 valence electrons. The molecule has 0 radical (unpaired) electrons. The Kier molecular flexibility index (Phi) is 5.14. The Morgan fingerprint density at radius 3 is 2.68 bits per heavy atom. The molecule has 5 heteroatoms. The van der Waals surface area contributed by atoms with Gasteiger partial charge in [-0.25, -0.2) is 4.79 Å². The van der Waals surface area contributed by atoms with Crippen LogP contribution in [0.15, 0.2) is 48.5 Å². The summed E-state index contributed by atoms with van der Waals surface area (Å²) in [6.07, 6.45) is 0.829. The molecule has 0 aliphatic carbocycles. The van der Waals surface area contributed by atoms with Gasteiger partial charge in [0.25, 0.3) is 0 Å². The molecule has 0 saturated heterocycles. The first kappa shape index (κ1) is 17.2. The molecule has 2 aromatic rings. The lowest BCUT2D eigenvalue weighted by Gasteiger charge is -2.28. The number of esters is 1. The van der Waals surface area contributed by atoms with Crippen LogP contribution in [0.2, 0.25) is 0 Å². The molecule has 25 heavy (non-hydrogen) atoms. The molecule has 3 rings (SSSR count). The Balaban J connectivity index is 1.80. The van der Waals surface area contributed by atoms with E-state index in [0.29, 0.717) is 17.9 Å². The van der Waals surface area contributed by atoms with E-state index in [1.54, 1.807) is 31.3 Å². The first-order chi connectivity index (χ1) is 12.1. The molecule has 0 saturated carbocycles. The second-order valence-electron chi connectivity index (χ2n) is 5.97.